The molecule has 4 nitrogen and oxygen atoms in total. The molecule has 0 fully saturated rings. The molecular formula is C16H24N4. The molecule has 0 bridgehead atoms. The zero-order valence-corrected chi connectivity index (χ0v) is 12.2. The number of guanidine groups is 1. The summed E-state index contributed by atoms with van der Waals surface area (Å²) in [5.41, 5.74) is 2.61. The second-order valence-electron chi connectivity index (χ2n) is 5.03. The highest BCUT2D eigenvalue weighted by molar-refractivity contribution is 5.79. The molecule has 2 rings (SSSR count). The molecule has 0 saturated carbocycles. The molecule has 0 aromatic carbocycles. The third kappa shape index (κ3) is 5.03. The van der Waals surface area contributed by atoms with Crippen LogP contribution < -0.4 is 10.6 Å². The summed E-state index contributed by atoms with van der Waals surface area (Å²) in [4.78, 5) is 8.52. The normalized spacial score (nSPS) is 15.7. The van der Waals surface area contributed by atoms with Crippen LogP contribution in [0.25, 0.3) is 0 Å². The van der Waals surface area contributed by atoms with Gasteiger partial charge in [0.1, 0.15) is 0 Å². The Balaban J connectivity index is 1.69. The number of aromatic nitrogens is 1. The van der Waals surface area contributed by atoms with Gasteiger partial charge in [0.05, 0.1) is 12.2 Å². The van der Waals surface area contributed by atoms with Crippen LogP contribution in [0.2, 0.25) is 0 Å². The number of nitrogens with zero attached hydrogens (tertiary/aromatic N) is 2. The minimum Gasteiger partial charge on any atom is -0.356 e. The maximum absolute atomic E-state index is 4.28. The number of hydrogen-bond donors (Lipinski definition) is 2. The van der Waals surface area contributed by atoms with Gasteiger partial charge in [-0.2, -0.15) is 0 Å². The average Bonchev–Trinajstić information content (AvgIpc) is 2.52. The Bertz CT molecular complexity index is 451. The molecule has 0 unspecified atom stereocenters. The van der Waals surface area contributed by atoms with Gasteiger partial charge in [0.25, 0.3) is 0 Å². The molecule has 2 N–H and O–H groups in total. The first-order chi connectivity index (χ1) is 9.88. The van der Waals surface area contributed by atoms with Crippen molar-refractivity contribution in [2.45, 2.75) is 38.6 Å². The molecule has 0 aliphatic heterocycles. The molecule has 108 valence electrons. The standard InChI is InChI=1S/C16H24N4/c1-17-16(20-13-15-9-5-6-11-18-15)19-12-10-14-7-3-2-4-8-14/h5-7,9,11H,2-4,8,10,12-13H2,1H3,(H2,17,19,20). The van der Waals surface area contributed by atoms with Crippen molar-refractivity contribution in [1.82, 2.24) is 15.6 Å². The van der Waals surface area contributed by atoms with Crippen LogP contribution in [0.15, 0.2) is 41.0 Å². The molecule has 0 saturated heterocycles. The van der Waals surface area contributed by atoms with E-state index in [1.807, 2.05) is 24.4 Å². The van der Waals surface area contributed by atoms with Crippen LogP contribution in [-0.4, -0.2) is 24.5 Å². The molecule has 1 heterocycles. The van der Waals surface area contributed by atoms with Crippen molar-refractivity contribution in [3.05, 3.63) is 41.7 Å². The molecule has 0 atom stereocenters. The lowest BCUT2D eigenvalue weighted by Gasteiger charge is -2.15. The Morgan fingerprint density at radius 1 is 1.30 bits per heavy atom. The molecule has 0 spiro atoms. The zero-order chi connectivity index (χ0) is 14.0. The largest absolute Gasteiger partial charge is 0.356 e. The van der Waals surface area contributed by atoms with Crippen molar-refractivity contribution in [3.63, 3.8) is 0 Å². The molecule has 0 radical (unpaired) electrons. The molecule has 1 aliphatic carbocycles. The molecule has 1 aliphatic rings. The third-order valence-corrected chi connectivity index (χ3v) is 3.51. The van der Waals surface area contributed by atoms with E-state index < -0.39 is 0 Å². The lowest BCUT2D eigenvalue weighted by Crippen LogP contribution is -2.37. The van der Waals surface area contributed by atoms with Gasteiger partial charge in [-0.3, -0.25) is 9.98 Å². The Morgan fingerprint density at radius 3 is 2.95 bits per heavy atom. The Hall–Kier alpha value is -1.84. The predicted octanol–water partition coefficient (Wildman–Crippen LogP) is 2.64. The first kappa shape index (κ1) is 14.6. The van der Waals surface area contributed by atoms with E-state index >= 15 is 0 Å². The van der Waals surface area contributed by atoms with Crippen molar-refractivity contribution >= 4 is 5.96 Å². The van der Waals surface area contributed by atoms with Gasteiger partial charge in [-0.15, -0.1) is 0 Å². The van der Waals surface area contributed by atoms with Gasteiger partial charge >= 0.3 is 0 Å². The molecule has 20 heavy (non-hydrogen) atoms. The van der Waals surface area contributed by atoms with Crippen molar-refractivity contribution in [2.75, 3.05) is 13.6 Å². The molecular weight excluding hydrogens is 248 g/mol. The number of nitrogens with one attached hydrogen (secondary N) is 2. The fourth-order valence-electron chi connectivity index (χ4n) is 2.37. The highest BCUT2D eigenvalue weighted by Crippen LogP contribution is 2.19. The maximum Gasteiger partial charge on any atom is 0.191 e. The van der Waals surface area contributed by atoms with Gasteiger partial charge in [-0.25, -0.2) is 0 Å². The minimum absolute atomic E-state index is 0.698. The number of rotatable bonds is 5. The lowest BCUT2D eigenvalue weighted by atomic mass is 9.97. The Kier molecular flexibility index (Phi) is 6.08. The number of allylic oxidation sites excluding steroid dienone is 1. The van der Waals surface area contributed by atoms with Gasteiger partial charge in [0, 0.05) is 19.8 Å². The highest BCUT2D eigenvalue weighted by Gasteiger charge is 2.04. The van der Waals surface area contributed by atoms with Gasteiger partial charge < -0.3 is 10.6 Å². The second kappa shape index (κ2) is 8.35. The van der Waals surface area contributed by atoms with E-state index in [-0.39, 0.29) is 0 Å². The van der Waals surface area contributed by atoms with Gasteiger partial charge in [0.2, 0.25) is 0 Å². The highest BCUT2D eigenvalue weighted by atomic mass is 15.2. The first-order valence-corrected chi connectivity index (χ1v) is 7.41. The molecule has 0 amide bonds. The van der Waals surface area contributed by atoms with E-state index in [1.165, 1.54) is 25.7 Å². The maximum atomic E-state index is 4.28. The number of pyridine rings is 1. The number of aliphatic imine (C=N–C) groups is 1. The first-order valence-electron chi connectivity index (χ1n) is 7.41. The lowest BCUT2D eigenvalue weighted by molar-refractivity contribution is 0.665. The second-order valence-corrected chi connectivity index (χ2v) is 5.03. The summed E-state index contributed by atoms with van der Waals surface area (Å²) in [6, 6.07) is 5.93. The zero-order valence-electron chi connectivity index (χ0n) is 12.2. The minimum atomic E-state index is 0.698. The summed E-state index contributed by atoms with van der Waals surface area (Å²) in [6.07, 6.45) is 10.5. The summed E-state index contributed by atoms with van der Waals surface area (Å²) in [5, 5.41) is 6.64. The summed E-state index contributed by atoms with van der Waals surface area (Å²) >= 11 is 0. The van der Waals surface area contributed by atoms with E-state index in [4.69, 9.17) is 0 Å². The van der Waals surface area contributed by atoms with Crippen LogP contribution in [-0.2, 0) is 6.54 Å². The van der Waals surface area contributed by atoms with E-state index in [9.17, 15) is 0 Å². The SMILES string of the molecule is CN=C(NCCC1=CCCCC1)NCc1ccccn1. The molecule has 1 aromatic rings. The van der Waals surface area contributed by atoms with Crippen molar-refractivity contribution in [2.24, 2.45) is 4.99 Å². The summed E-state index contributed by atoms with van der Waals surface area (Å²) < 4.78 is 0. The van der Waals surface area contributed by atoms with Crippen molar-refractivity contribution in [1.29, 1.82) is 0 Å². The fraction of sp³-hybridized carbons (Fsp3) is 0.500. The molecule has 1 aromatic heterocycles. The average molecular weight is 272 g/mol. The summed E-state index contributed by atoms with van der Waals surface area (Å²) in [5.74, 6) is 0.840. The van der Waals surface area contributed by atoms with Gasteiger partial charge in [0.15, 0.2) is 5.96 Å². The van der Waals surface area contributed by atoms with Gasteiger partial charge in [-0.05, 0) is 44.2 Å². The van der Waals surface area contributed by atoms with Crippen LogP contribution in [0.3, 0.4) is 0 Å². The fourth-order valence-corrected chi connectivity index (χ4v) is 2.37. The van der Waals surface area contributed by atoms with Crippen LogP contribution in [0.4, 0.5) is 0 Å². The monoisotopic (exact) mass is 272 g/mol. The van der Waals surface area contributed by atoms with E-state index in [2.05, 4.69) is 26.7 Å². The third-order valence-electron chi connectivity index (χ3n) is 3.51. The molecule has 4 heteroatoms. The predicted molar refractivity (Wildman–Crippen MR) is 83.6 cm³/mol. The topological polar surface area (TPSA) is 49.3 Å². The van der Waals surface area contributed by atoms with Crippen LogP contribution in [0, 0.1) is 0 Å². The summed E-state index contributed by atoms with van der Waals surface area (Å²) in [7, 11) is 1.80. The quantitative estimate of drug-likeness (QED) is 0.492. The van der Waals surface area contributed by atoms with E-state index in [0.717, 1.165) is 24.6 Å². The smallest absolute Gasteiger partial charge is 0.191 e. The van der Waals surface area contributed by atoms with Crippen LogP contribution in [0.1, 0.15) is 37.8 Å². The van der Waals surface area contributed by atoms with Crippen molar-refractivity contribution < 1.29 is 0 Å². The number of hydrogen-bond acceptors (Lipinski definition) is 2. The van der Waals surface area contributed by atoms with Crippen LogP contribution in [0.5, 0.6) is 0 Å². The van der Waals surface area contributed by atoms with Crippen LogP contribution >= 0.6 is 0 Å². The Labute approximate surface area is 121 Å². The van der Waals surface area contributed by atoms with Gasteiger partial charge in [-0.1, -0.05) is 17.7 Å². The van der Waals surface area contributed by atoms with E-state index in [0.29, 0.717) is 6.54 Å². The Morgan fingerprint density at radius 2 is 2.25 bits per heavy atom. The van der Waals surface area contributed by atoms with Crippen molar-refractivity contribution in [3.8, 4) is 0 Å². The summed E-state index contributed by atoms with van der Waals surface area (Å²) in [6.45, 7) is 1.64. The van der Waals surface area contributed by atoms with E-state index in [1.54, 1.807) is 12.6 Å².